The largest absolute Gasteiger partial charge is 0.469 e. The Morgan fingerprint density at radius 1 is 1.11 bits per heavy atom. The number of esters is 1. The highest BCUT2D eigenvalue weighted by Crippen LogP contribution is 2.37. The van der Waals surface area contributed by atoms with Gasteiger partial charge in [0, 0.05) is 19.1 Å². The van der Waals surface area contributed by atoms with E-state index in [1.54, 1.807) is 39.8 Å². The first-order valence-corrected chi connectivity index (χ1v) is 16.3. The van der Waals surface area contributed by atoms with Gasteiger partial charge in [0.2, 0.25) is 0 Å². The molecule has 1 saturated heterocycles. The number of rotatable bonds is 8. The minimum atomic E-state index is -4.82. The van der Waals surface area contributed by atoms with Crippen LogP contribution in [0.2, 0.25) is 0 Å². The maximum atomic E-state index is 13.7. The van der Waals surface area contributed by atoms with Gasteiger partial charge in [-0.1, -0.05) is 31.2 Å². The van der Waals surface area contributed by atoms with Gasteiger partial charge in [-0.15, -0.1) is 0 Å². The number of hydrogen-bond donors (Lipinski definition) is 2. The van der Waals surface area contributed by atoms with E-state index in [-0.39, 0.29) is 48.5 Å². The molecule has 1 aromatic rings. The van der Waals surface area contributed by atoms with Crippen LogP contribution in [0.4, 0.5) is 10.5 Å². The van der Waals surface area contributed by atoms with Crippen molar-refractivity contribution in [2.24, 2.45) is 5.92 Å². The highest BCUT2D eigenvalue weighted by atomic mass is 31.2. The van der Waals surface area contributed by atoms with Gasteiger partial charge in [-0.3, -0.25) is 9.42 Å². The smallest absolute Gasteiger partial charge is 0.467 e. The number of methoxy groups -OCH3 is 1. The highest BCUT2D eigenvalue weighted by molar-refractivity contribution is 7.46. The fourth-order valence-corrected chi connectivity index (χ4v) is 5.13. The van der Waals surface area contributed by atoms with Crippen molar-refractivity contribution in [3.8, 4) is 5.75 Å². The molecule has 45 heavy (non-hydrogen) atoms. The number of amides is 1. The number of phosphoric ester groups is 1. The van der Waals surface area contributed by atoms with Crippen LogP contribution in [0.25, 0.3) is 6.08 Å². The maximum Gasteiger partial charge on any atom is 0.469 e. The number of nitrogens with zero attached hydrogens (tertiary/aromatic N) is 1. The van der Waals surface area contributed by atoms with Gasteiger partial charge in [0.15, 0.2) is 12.6 Å². The van der Waals surface area contributed by atoms with Gasteiger partial charge in [0.1, 0.15) is 23.0 Å². The third kappa shape index (κ3) is 11.2. The zero-order valence-electron chi connectivity index (χ0n) is 27.2. The molecule has 2 aliphatic rings. The molecule has 14 heteroatoms. The molecule has 0 radical (unpaired) electrons. The first kappa shape index (κ1) is 36.7. The van der Waals surface area contributed by atoms with Gasteiger partial charge in [-0.2, -0.15) is 0 Å². The van der Waals surface area contributed by atoms with Gasteiger partial charge in [-0.05, 0) is 66.0 Å². The summed E-state index contributed by atoms with van der Waals surface area (Å²) in [5, 5.41) is 0. The second-order valence-corrected chi connectivity index (χ2v) is 13.6. The molecule has 0 bridgehead atoms. The zero-order valence-corrected chi connectivity index (χ0v) is 28.1. The molecule has 0 spiro atoms. The van der Waals surface area contributed by atoms with Gasteiger partial charge < -0.3 is 38.2 Å². The van der Waals surface area contributed by atoms with E-state index < -0.39 is 44.0 Å². The van der Waals surface area contributed by atoms with E-state index in [2.05, 4.69) is 4.52 Å². The molecule has 2 aliphatic heterocycles. The van der Waals surface area contributed by atoms with Crippen LogP contribution in [0.3, 0.4) is 0 Å². The van der Waals surface area contributed by atoms with E-state index in [1.807, 2.05) is 39.0 Å². The molecule has 1 fully saturated rings. The number of cyclic esters (lactones) is 1. The van der Waals surface area contributed by atoms with Crippen molar-refractivity contribution in [1.29, 1.82) is 0 Å². The van der Waals surface area contributed by atoms with Gasteiger partial charge in [0.25, 0.3) is 0 Å². The fraction of sp³-hybridized carbons (Fsp3) is 0.613. The monoisotopic (exact) mass is 655 g/mol. The second-order valence-electron chi connectivity index (χ2n) is 12.4. The Morgan fingerprint density at radius 3 is 2.36 bits per heavy atom. The summed E-state index contributed by atoms with van der Waals surface area (Å²) in [6, 6.07) is 3.01. The molecule has 2 N–H and O–H groups in total. The quantitative estimate of drug-likeness (QED) is 0.155. The van der Waals surface area contributed by atoms with Gasteiger partial charge in [0.05, 0.1) is 31.0 Å². The summed E-state index contributed by atoms with van der Waals surface area (Å²) in [6.45, 7) is 11.5. The molecule has 1 aromatic carbocycles. The molecule has 3 rings (SSSR count). The number of phosphoric acid groups is 1. The summed E-state index contributed by atoms with van der Waals surface area (Å²) in [6.07, 6.45) is 6.85. The van der Waals surface area contributed by atoms with E-state index in [4.69, 9.17) is 28.4 Å². The summed E-state index contributed by atoms with van der Waals surface area (Å²) in [5.74, 6) is -1.47. The summed E-state index contributed by atoms with van der Waals surface area (Å²) >= 11 is 0. The third-order valence-corrected chi connectivity index (χ3v) is 7.46. The SMILES string of the molecule is COCOc1cc(N(CCOP(=O)(O)O)C(=O)OC(C)(C)C)cc2c1C(=O)O[C@@H](C)[C@H](C)/C=C\C[C@H]1OC(C)(C)O[C@H]1CC=C2. The number of carbonyl (C=O) groups excluding carboxylic acids is 2. The Balaban J connectivity index is 2.16. The minimum Gasteiger partial charge on any atom is -0.467 e. The Labute approximate surface area is 264 Å². The zero-order chi connectivity index (χ0) is 33.6. The number of benzene rings is 1. The first-order valence-electron chi connectivity index (χ1n) is 14.8. The fourth-order valence-electron chi connectivity index (χ4n) is 4.81. The Morgan fingerprint density at radius 2 is 1.76 bits per heavy atom. The molecule has 1 amide bonds. The lowest BCUT2D eigenvalue weighted by molar-refractivity contribution is -0.145. The van der Waals surface area contributed by atoms with Crippen LogP contribution in [0.15, 0.2) is 30.4 Å². The summed E-state index contributed by atoms with van der Waals surface area (Å²) in [7, 11) is -3.40. The van der Waals surface area contributed by atoms with Crippen LogP contribution in [-0.2, 0) is 32.8 Å². The van der Waals surface area contributed by atoms with Crippen molar-refractivity contribution in [2.45, 2.75) is 91.0 Å². The Bertz CT molecular complexity index is 1300. The predicted molar refractivity (Wildman–Crippen MR) is 166 cm³/mol. The van der Waals surface area contributed by atoms with Crippen molar-refractivity contribution in [1.82, 2.24) is 0 Å². The van der Waals surface area contributed by atoms with Crippen LogP contribution >= 0.6 is 7.82 Å². The number of hydrogen-bond acceptors (Lipinski definition) is 10. The first-order chi connectivity index (χ1) is 20.9. The van der Waals surface area contributed by atoms with Crippen LogP contribution in [0, 0.1) is 5.92 Å². The van der Waals surface area contributed by atoms with Gasteiger partial charge >= 0.3 is 19.9 Å². The molecule has 4 atom stereocenters. The summed E-state index contributed by atoms with van der Waals surface area (Å²) in [4.78, 5) is 46.6. The number of ether oxygens (including phenoxy) is 6. The Hall–Kier alpha value is -2.77. The molecule has 0 unspecified atom stereocenters. The third-order valence-electron chi connectivity index (χ3n) is 6.95. The number of carbonyl (C=O) groups is 2. The number of anilines is 1. The normalized spacial score (nSPS) is 24.5. The highest BCUT2D eigenvalue weighted by Gasteiger charge is 2.40. The molecule has 0 aliphatic carbocycles. The van der Waals surface area contributed by atoms with Crippen molar-refractivity contribution >= 4 is 31.6 Å². The summed E-state index contributed by atoms with van der Waals surface area (Å²) in [5.41, 5.74) is -0.217. The second kappa shape index (κ2) is 15.2. The van der Waals surface area contributed by atoms with E-state index in [1.165, 1.54) is 13.2 Å². The van der Waals surface area contributed by atoms with Crippen LogP contribution < -0.4 is 9.64 Å². The standard InChI is InChI=1S/C31H46NO12P/c1-20-11-9-13-24-25(43-31(6,7)42-24)14-10-12-22-17-23(18-26(39-19-38-8)27(22)28(33)41-21(20)2)32(15-16-40-45(35,36)37)29(34)44-30(3,4)5/h9-12,17-18,20-21,24-25H,13-16,19H2,1-8H3,(H2,35,36,37)/b11-9-,12-10?/t20-,21+,24-,25+/m1/s1. The van der Waals surface area contributed by atoms with Gasteiger partial charge in [-0.25, -0.2) is 14.2 Å². The molecular weight excluding hydrogens is 609 g/mol. The van der Waals surface area contributed by atoms with Crippen molar-refractivity contribution in [3.05, 3.63) is 41.5 Å². The van der Waals surface area contributed by atoms with Crippen molar-refractivity contribution in [2.75, 3.05) is 32.0 Å². The lowest BCUT2D eigenvalue weighted by Gasteiger charge is -2.28. The Kier molecular flexibility index (Phi) is 12.4. The predicted octanol–water partition coefficient (Wildman–Crippen LogP) is 5.58. The number of fused-ring (bicyclic) bond motifs is 2. The van der Waals surface area contributed by atoms with E-state index in [0.29, 0.717) is 18.4 Å². The molecule has 13 nitrogen and oxygen atoms in total. The average molecular weight is 656 g/mol. The molecule has 0 saturated carbocycles. The van der Waals surface area contributed by atoms with Crippen molar-refractivity contribution in [3.63, 3.8) is 0 Å². The topological polar surface area (TPSA) is 160 Å². The molecule has 2 heterocycles. The van der Waals surface area contributed by atoms with Crippen molar-refractivity contribution < 1.29 is 56.9 Å². The van der Waals surface area contributed by atoms with Crippen LogP contribution in [0.5, 0.6) is 5.75 Å². The van der Waals surface area contributed by atoms with E-state index >= 15 is 0 Å². The lowest BCUT2D eigenvalue weighted by Crippen LogP contribution is -2.39. The summed E-state index contributed by atoms with van der Waals surface area (Å²) < 4.78 is 50.7. The maximum absolute atomic E-state index is 13.7. The van der Waals surface area contributed by atoms with E-state index in [9.17, 15) is 23.9 Å². The average Bonchev–Trinajstić information content (AvgIpc) is 3.20. The van der Waals surface area contributed by atoms with Crippen LogP contribution in [0.1, 0.15) is 77.2 Å². The molecule has 252 valence electrons. The van der Waals surface area contributed by atoms with Crippen LogP contribution in [-0.4, -0.2) is 78.6 Å². The minimum absolute atomic E-state index is 0.0606. The van der Waals surface area contributed by atoms with E-state index in [0.717, 1.165) is 4.90 Å². The molecule has 0 aromatic heterocycles. The lowest BCUT2D eigenvalue weighted by atomic mass is 9.99. The molecular formula is C31H46NO12P.